The van der Waals surface area contributed by atoms with Gasteiger partial charge in [-0.05, 0) is 27.4 Å². The lowest BCUT2D eigenvalue weighted by molar-refractivity contribution is 0.449. The second-order valence-corrected chi connectivity index (χ2v) is 12.0. The first-order valence-electron chi connectivity index (χ1n) is 9.94. The third-order valence-electron chi connectivity index (χ3n) is 5.58. The number of benzene rings is 3. The highest BCUT2D eigenvalue weighted by molar-refractivity contribution is 6.98. The molecule has 1 N–H and O–H groups in total. The average Bonchev–Trinajstić information content (AvgIpc) is 2.77. The Balaban J connectivity index is 1.96. The van der Waals surface area contributed by atoms with Gasteiger partial charge in [-0.1, -0.05) is 117 Å². The SMILES string of the molecule is CC(C)(C[C@H](C#N)/C=C/c1ccccc1)[Si](O)(c1ccccc1)c1ccccc1. The molecule has 0 radical (unpaired) electrons. The van der Waals surface area contributed by atoms with E-state index in [0.29, 0.717) is 6.42 Å². The van der Waals surface area contributed by atoms with Gasteiger partial charge in [0.15, 0.2) is 0 Å². The van der Waals surface area contributed by atoms with Crippen molar-refractivity contribution in [3.63, 3.8) is 0 Å². The molecule has 29 heavy (non-hydrogen) atoms. The van der Waals surface area contributed by atoms with Crippen LogP contribution in [0.1, 0.15) is 25.8 Å². The third-order valence-corrected chi connectivity index (χ3v) is 10.1. The molecule has 0 saturated heterocycles. The lowest BCUT2D eigenvalue weighted by atomic mass is 9.96. The summed E-state index contributed by atoms with van der Waals surface area (Å²) in [6.45, 7) is 4.19. The Morgan fingerprint density at radius 3 is 1.76 bits per heavy atom. The van der Waals surface area contributed by atoms with Gasteiger partial charge in [0, 0.05) is 0 Å². The van der Waals surface area contributed by atoms with Crippen molar-refractivity contribution in [2.75, 3.05) is 0 Å². The molecule has 0 saturated carbocycles. The van der Waals surface area contributed by atoms with E-state index in [1.807, 2.05) is 103 Å². The fourth-order valence-electron chi connectivity index (χ4n) is 3.95. The maximum absolute atomic E-state index is 12.2. The fraction of sp³-hybridized carbons (Fsp3) is 0.192. The van der Waals surface area contributed by atoms with Gasteiger partial charge < -0.3 is 4.80 Å². The Bertz CT molecular complexity index is 936. The highest BCUT2D eigenvalue weighted by Gasteiger charge is 2.50. The van der Waals surface area contributed by atoms with Crippen LogP contribution in [0, 0.1) is 17.2 Å². The smallest absolute Gasteiger partial charge is 0.258 e. The second-order valence-electron chi connectivity index (χ2n) is 8.04. The normalized spacial score (nSPS) is 13.2. The number of rotatable bonds is 7. The minimum atomic E-state index is -3.10. The van der Waals surface area contributed by atoms with Crippen LogP contribution in [0.5, 0.6) is 0 Å². The molecule has 0 bridgehead atoms. The average molecular weight is 398 g/mol. The summed E-state index contributed by atoms with van der Waals surface area (Å²) in [6.07, 6.45) is 4.54. The van der Waals surface area contributed by atoms with Gasteiger partial charge in [-0.25, -0.2) is 0 Å². The van der Waals surface area contributed by atoms with Gasteiger partial charge in [0.25, 0.3) is 8.32 Å². The van der Waals surface area contributed by atoms with Crippen LogP contribution in [0.2, 0.25) is 5.04 Å². The van der Waals surface area contributed by atoms with Crippen molar-refractivity contribution < 1.29 is 4.80 Å². The lowest BCUT2D eigenvalue weighted by Gasteiger charge is -2.42. The van der Waals surface area contributed by atoms with Crippen molar-refractivity contribution in [3.8, 4) is 6.07 Å². The summed E-state index contributed by atoms with van der Waals surface area (Å²) in [5.41, 5.74) is 1.07. The van der Waals surface area contributed by atoms with Gasteiger partial charge in [0.2, 0.25) is 0 Å². The predicted molar refractivity (Wildman–Crippen MR) is 123 cm³/mol. The Labute approximate surface area is 174 Å². The highest BCUT2D eigenvalue weighted by Crippen LogP contribution is 2.41. The molecule has 0 aliphatic heterocycles. The first-order valence-corrected chi connectivity index (χ1v) is 11.9. The number of hydrogen-bond acceptors (Lipinski definition) is 2. The molecule has 3 heteroatoms. The van der Waals surface area contributed by atoms with Gasteiger partial charge in [0.05, 0.1) is 12.0 Å². The van der Waals surface area contributed by atoms with Crippen molar-refractivity contribution in [1.29, 1.82) is 5.26 Å². The summed E-state index contributed by atoms with van der Waals surface area (Å²) in [4.78, 5) is 12.2. The van der Waals surface area contributed by atoms with Crippen LogP contribution in [-0.2, 0) is 0 Å². The molecule has 0 heterocycles. The van der Waals surface area contributed by atoms with Crippen molar-refractivity contribution in [1.82, 2.24) is 0 Å². The quantitative estimate of drug-likeness (QED) is 0.584. The molecule has 0 aliphatic rings. The summed E-state index contributed by atoms with van der Waals surface area (Å²) >= 11 is 0. The molecule has 0 unspecified atom stereocenters. The Kier molecular flexibility index (Phi) is 6.48. The van der Waals surface area contributed by atoms with Crippen molar-refractivity contribution in [3.05, 3.63) is 103 Å². The summed E-state index contributed by atoms with van der Waals surface area (Å²) in [5.74, 6) is -0.281. The third kappa shape index (κ3) is 4.56. The molecule has 3 rings (SSSR count). The largest absolute Gasteiger partial charge is 0.424 e. The molecule has 0 aromatic heterocycles. The van der Waals surface area contributed by atoms with Gasteiger partial charge in [-0.2, -0.15) is 5.26 Å². The molecule has 0 fully saturated rings. The predicted octanol–water partition coefficient (Wildman–Crippen LogP) is 4.76. The highest BCUT2D eigenvalue weighted by atomic mass is 28.4. The van der Waals surface area contributed by atoms with Crippen LogP contribution in [0.15, 0.2) is 97.1 Å². The second kappa shape index (κ2) is 9.04. The zero-order valence-corrected chi connectivity index (χ0v) is 18.0. The summed E-state index contributed by atoms with van der Waals surface area (Å²) in [5, 5.41) is 11.3. The molecule has 2 nitrogen and oxygen atoms in total. The van der Waals surface area contributed by atoms with Crippen LogP contribution in [-0.4, -0.2) is 13.1 Å². The maximum atomic E-state index is 12.2. The first-order chi connectivity index (χ1) is 14.0. The molecule has 0 aliphatic carbocycles. The van der Waals surface area contributed by atoms with E-state index >= 15 is 0 Å². The van der Waals surface area contributed by atoms with E-state index in [1.165, 1.54) is 0 Å². The molecule has 146 valence electrons. The van der Waals surface area contributed by atoms with E-state index in [1.54, 1.807) is 0 Å². The van der Waals surface area contributed by atoms with Gasteiger partial charge in [0.1, 0.15) is 0 Å². The van der Waals surface area contributed by atoms with E-state index < -0.39 is 13.4 Å². The standard InChI is InChI=1S/C26H27NOSi/c1-26(2,20-23(21-27)19-18-22-12-6-3-7-13-22)29(28,24-14-8-4-9-15-24)25-16-10-5-11-17-25/h3-19,23,28H,20H2,1-2H3/b19-18+/t23-/m1/s1. The van der Waals surface area contributed by atoms with Gasteiger partial charge in [-0.15, -0.1) is 0 Å². The minimum absolute atomic E-state index is 0.281. The number of nitrogens with zero attached hydrogens (tertiary/aromatic N) is 1. The van der Waals surface area contributed by atoms with E-state index in [0.717, 1.165) is 15.9 Å². The van der Waals surface area contributed by atoms with Crippen molar-refractivity contribution in [2.24, 2.45) is 5.92 Å². The number of nitriles is 1. The molecular weight excluding hydrogens is 370 g/mol. The van der Waals surface area contributed by atoms with E-state index in [-0.39, 0.29) is 5.92 Å². The number of allylic oxidation sites excluding steroid dienone is 1. The molecule has 1 atom stereocenters. The summed E-state index contributed by atoms with van der Waals surface area (Å²) in [6, 6.07) is 32.3. The van der Waals surface area contributed by atoms with E-state index in [4.69, 9.17) is 0 Å². The van der Waals surface area contributed by atoms with Crippen molar-refractivity contribution in [2.45, 2.75) is 25.3 Å². The topological polar surface area (TPSA) is 44.0 Å². The Hall–Kier alpha value is -2.93. The Morgan fingerprint density at radius 2 is 1.31 bits per heavy atom. The molecule has 0 spiro atoms. The van der Waals surface area contributed by atoms with Crippen LogP contribution >= 0.6 is 0 Å². The van der Waals surface area contributed by atoms with Crippen LogP contribution in [0.3, 0.4) is 0 Å². The zero-order valence-electron chi connectivity index (χ0n) is 17.0. The van der Waals surface area contributed by atoms with Crippen LogP contribution in [0.4, 0.5) is 0 Å². The molecule has 3 aromatic rings. The van der Waals surface area contributed by atoms with Crippen LogP contribution in [0.25, 0.3) is 6.08 Å². The maximum Gasteiger partial charge on any atom is 0.258 e. The van der Waals surface area contributed by atoms with Crippen molar-refractivity contribution >= 4 is 24.8 Å². The van der Waals surface area contributed by atoms with Gasteiger partial charge >= 0.3 is 0 Å². The monoisotopic (exact) mass is 397 g/mol. The van der Waals surface area contributed by atoms with E-state index in [9.17, 15) is 10.1 Å². The molecule has 0 amide bonds. The minimum Gasteiger partial charge on any atom is -0.424 e. The molecular formula is C26H27NOSi. The lowest BCUT2D eigenvalue weighted by Crippen LogP contribution is -2.65. The summed E-state index contributed by atoms with van der Waals surface area (Å²) in [7, 11) is -3.10. The number of hydrogen-bond donors (Lipinski definition) is 1. The zero-order chi connectivity index (χ0) is 20.7. The van der Waals surface area contributed by atoms with E-state index in [2.05, 4.69) is 19.9 Å². The Morgan fingerprint density at radius 1 is 0.862 bits per heavy atom. The first kappa shape index (κ1) is 20.8. The summed E-state index contributed by atoms with van der Waals surface area (Å²) < 4.78 is 0. The van der Waals surface area contributed by atoms with Gasteiger partial charge in [-0.3, -0.25) is 0 Å². The fourth-order valence-corrected chi connectivity index (χ4v) is 7.71. The molecule has 3 aromatic carbocycles. The van der Waals surface area contributed by atoms with Crippen LogP contribution < -0.4 is 10.4 Å².